The van der Waals surface area contributed by atoms with Crippen molar-refractivity contribution < 1.29 is 18.7 Å². The highest BCUT2D eigenvalue weighted by Crippen LogP contribution is 2.41. The lowest BCUT2D eigenvalue weighted by molar-refractivity contribution is -0.131. The summed E-state index contributed by atoms with van der Waals surface area (Å²) in [5, 5.41) is 3.59. The summed E-state index contributed by atoms with van der Waals surface area (Å²) >= 11 is 12.0. The number of carbonyl (C=O) groups is 1. The number of halogens is 3. The summed E-state index contributed by atoms with van der Waals surface area (Å²) in [4.78, 5) is 25.1. The molecule has 1 aromatic heterocycles. The molecule has 8 nitrogen and oxygen atoms in total. The van der Waals surface area contributed by atoms with Crippen molar-refractivity contribution in [2.24, 2.45) is 0 Å². The molecule has 2 atom stereocenters. The van der Waals surface area contributed by atoms with Gasteiger partial charge in [-0.25, -0.2) is 14.4 Å². The zero-order valence-corrected chi connectivity index (χ0v) is 23.3. The summed E-state index contributed by atoms with van der Waals surface area (Å²) in [5.41, 5.74) is 0.737. The quantitative estimate of drug-likeness (QED) is 0.254. The van der Waals surface area contributed by atoms with Crippen LogP contribution in [0.4, 0.5) is 15.9 Å². The number of carbonyl (C=O) groups excluding carboxylic acids is 1. The predicted octanol–water partition coefficient (Wildman–Crippen LogP) is 5.85. The van der Waals surface area contributed by atoms with Crippen LogP contribution in [0.1, 0.15) is 25.7 Å². The molecule has 2 bridgehead atoms. The Kier molecular flexibility index (Phi) is 8.11. The van der Waals surface area contributed by atoms with Crippen molar-refractivity contribution in [2.45, 2.75) is 43.9 Å². The molecule has 0 spiro atoms. The van der Waals surface area contributed by atoms with Gasteiger partial charge in [-0.15, -0.1) is 0 Å². The van der Waals surface area contributed by atoms with Crippen molar-refractivity contribution in [3.8, 4) is 11.5 Å². The molecule has 2 unspecified atom stereocenters. The number of fused-ring (bicyclic) bond motifs is 3. The van der Waals surface area contributed by atoms with Crippen molar-refractivity contribution in [2.75, 3.05) is 32.6 Å². The monoisotopic (exact) mass is 573 g/mol. The molecule has 5 rings (SSSR count). The average molecular weight is 574 g/mol. The van der Waals surface area contributed by atoms with E-state index in [0.29, 0.717) is 34.8 Å². The highest BCUT2D eigenvalue weighted by molar-refractivity contribution is 6.42. The minimum atomic E-state index is -0.674. The Bertz CT molecular complexity index is 1390. The van der Waals surface area contributed by atoms with Crippen LogP contribution < -0.4 is 14.8 Å². The Labute approximate surface area is 236 Å². The van der Waals surface area contributed by atoms with Crippen LogP contribution in [-0.2, 0) is 4.79 Å². The molecule has 206 valence electrons. The van der Waals surface area contributed by atoms with Gasteiger partial charge in [0.2, 0.25) is 5.91 Å². The molecule has 0 saturated carbocycles. The number of benzene rings is 2. The smallest absolute Gasteiger partial charge is 0.246 e. The van der Waals surface area contributed by atoms with Crippen LogP contribution in [0.5, 0.6) is 11.5 Å². The van der Waals surface area contributed by atoms with E-state index in [-0.39, 0.29) is 39.8 Å². The lowest BCUT2D eigenvalue weighted by Gasteiger charge is -2.38. The fraction of sp³-hybridized carbons (Fsp3) is 0.393. The number of hydrogen-bond acceptors (Lipinski definition) is 7. The second-order valence-electron chi connectivity index (χ2n) is 10.1. The molecule has 2 saturated heterocycles. The molecule has 1 N–H and O–H groups in total. The van der Waals surface area contributed by atoms with Crippen molar-refractivity contribution in [1.29, 1.82) is 0 Å². The molecule has 2 aliphatic heterocycles. The molecule has 0 radical (unpaired) electrons. The first kappa shape index (κ1) is 27.4. The standard InChI is InChI=1S/C28H30Cl2FN5O3/c1-4-25(37)36-16-5-6-17(36)12-18(11-16)39-24-13-19-22(14-23(24)38-10-9-35(2)3)32-15-33-28(19)34-21-8-7-20(29)26(30)27(21)31/h4,7-8,13-18H,1,5-6,9-12H2,2-3H3,(H,32,33,34). The number of amides is 1. The number of nitrogens with zero attached hydrogens (tertiary/aromatic N) is 4. The fourth-order valence-corrected chi connectivity index (χ4v) is 5.64. The molecular weight excluding hydrogens is 544 g/mol. The summed E-state index contributed by atoms with van der Waals surface area (Å²) < 4.78 is 27.5. The van der Waals surface area contributed by atoms with E-state index in [9.17, 15) is 9.18 Å². The number of ether oxygens (including phenoxy) is 2. The summed E-state index contributed by atoms with van der Waals surface area (Å²) in [6, 6.07) is 6.89. The maximum atomic E-state index is 14.8. The Morgan fingerprint density at radius 3 is 2.64 bits per heavy atom. The topological polar surface area (TPSA) is 79.8 Å². The number of rotatable bonds is 9. The van der Waals surface area contributed by atoms with E-state index in [4.69, 9.17) is 32.7 Å². The lowest BCUT2D eigenvalue weighted by Crippen LogP contribution is -2.48. The van der Waals surface area contributed by atoms with Gasteiger partial charge in [0.25, 0.3) is 0 Å². The van der Waals surface area contributed by atoms with Gasteiger partial charge in [0, 0.05) is 42.9 Å². The van der Waals surface area contributed by atoms with Crippen molar-refractivity contribution >= 4 is 51.5 Å². The van der Waals surface area contributed by atoms with Crippen LogP contribution >= 0.6 is 23.2 Å². The van der Waals surface area contributed by atoms with Crippen LogP contribution in [0.25, 0.3) is 10.9 Å². The number of nitrogens with one attached hydrogen (secondary N) is 1. The molecule has 2 aromatic carbocycles. The number of piperidine rings is 1. The van der Waals surface area contributed by atoms with Crippen molar-refractivity contribution in [1.82, 2.24) is 19.8 Å². The minimum absolute atomic E-state index is 0.0261. The van der Waals surface area contributed by atoms with Gasteiger partial charge in [-0.05, 0) is 51.2 Å². The van der Waals surface area contributed by atoms with Gasteiger partial charge >= 0.3 is 0 Å². The van der Waals surface area contributed by atoms with Crippen LogP contribution in [0.3, 0.4) is 0 Å². The molecule has 3 aromatic rings. The van der Waals surface area contributed by atoms with Gasteiger partial charge in [-0.2, -0.15) is 0 Å². The number of anilines is 2. The Morgan fingerprint density at radius 2 is 1.95 bits per heavy atom. The molecule has 3 heterocycles. The largest absolute Gasteiger partial charge is 0.488 e. The third-order valence-electron chi connectivity index (χ3n) is 7.20. The maximum absolute atomic E-state index is 14.8. The molecule has 1 amide bonds. The lowest BCUT2D eigenvalue weighted by atomic mass is 9.99. The van der Waals surface area contributed by atoms with Crippen LogP contribution in [0.15, 0.2) is 43.2 Å². The minimum Gasteiger partial charge on any atom is -0.488 e. The van der Waals surface area contributed by atoms with Crippen LogP contribution in [0, 0.1) is 5.82 Å². The van der Waals surface area contributed by atoms with E-state index >= 15 is 0 Å². The molecule has 39 heavy (non-hydrogen) atoms. The summed E-state index contributed by atoms with van der Waals surface area (Å²) in [7, 11) is 3.95. The molecule has 0 aliphatic carbocycles. The van der Waals surface area contributed by atoms with Gasteiger partial charge in [0.1, 0.15) is 24.9 Å². The van der Waals surface area contributed by atoms with Gasteiger partial charge in [0.05, 0.1) is 21.2 Å². The van der Waals surface area contributed by atoms with Gasteiger partial charge in [-0.3, -0.25) is 4.79 Å². The predicted molar refractivity (Wildman–Crippen MR) is 151 cm³/mol. The van der Waals surface area contributed by atoms with E-state index in [1.165, 1.54) is 24.5 Å². The highest BCUT2D eigenvalue weighted by atomic mass is 35.5. The van der Waals surface area contributed by atoms with E-state index in [1.54, 1.807) is 0 Å². The first-order valence-electron chi connectivity index (χ1n) is 12.8. The van der Waals surface area contributed by atoms with E-state index in [2.05, 4.69) is 21.9 Å². The van der Waals surface area contributed by atoms with E-state index in [1.807, 2.05) is 36.0 Å². The molecule has 2 aliphatic rings. The fourth-order valence-electron chi connectivity index (χ4n) is 5.32. The van der Waals surface area contributed by atoms with Gasteiger partial charge < -0.3 is 24.6 Å². The first-order chi connectivity index (χ1) is 18.7. The first-order valence-corrected chi connectivity index (χ1v) is 13.6. The van der Waals surface area contributed by atoms with Crippen LogP contribution in [-0.4, -0.2) is 71.1 Å². The molecule has 2 fully saturated rings. The summed E-state index contributed by atoms with van der Waals surface area (Å²) in [5.74, 6) is 0.788. The third-order valence-corrected chi connectivity index (χ3v) is 7.98. The Morgan fingerprint density at radius 1 is 1.21 bits per heavy atom. The van der Waals surface area contributed by atoms with Crippen molar-refractivity contribution in [3.05, 3.63) is 59.1 Å². The molecule has 11 heteroatoms. The Hall–Kier alpha value is -3.14. The number of aromatic nitrogens is 2. The zero-order chi connectivity index (χ0) is 27.7. The van der Waals surface area contributed by atoms with Crippen molar-refractivity contribution in [3.63, 3.8) is 0 Å². The summed E-state index contributed by atoms with van der Waals surface area (Å²) in [6.45, 7) is 4.83. The van der Waals surface area contributed by atoms with E-state index < -0.39 is 5.82 Å². The second-order valence-corrected chi connectivity index (χ2v) is 10.9. The Balaban J connectivity index is 1.47. The number of likely N-dealkylation sites (N-methyl/N-ethyl adjacent to an activating group) is 1. The van der Waals surface area contributed by atoms with E-state index in [0.717, 1.165) is 32.2 Å². The normalized spacial score (nSPS) is 20.4. The average Bonchev–Trinajstić information content (AvgIpc) is 3.18. The summed E-state index contributed by atoms with van der Waals surface area (Å²) in [6.07, 6.45) is 6.02. The number of hydrogen-bond donors (Lipinski definition) is 1. The van der Waals surface area contributed by atoms with Crippen LogP contribution in [0.2, 0.25) is 10.0 Å². The second kappa shape index (κ2) is 11.5. The van der Waals surface area contributed by atoms with Gasteiger partial charge in [-0.1, -0.05) is 29.8 Å². The highest BCUT2D eigenvalue weighted by Gasteiger charge is 2.43. The third kappa shape index (κ3) is 5.76. The maximum Gasteiger partial charge on any atom is 0.246 e. The molecular formula is C28H30Cl2FN5O3. The zero-order valence-electron chi connectivity index (χ0n) is 21.8. The van der Waals surface area contributed by atoms with Gasteiger partial charge in [0.15, 0.2) is 17.3 Å². The SMILES string of the molecule is C=CC(=O)N1C2CCC1CC(Oc1cc3c(Nc4ccc(Cl)c(Cl)c4F)ncnc3cc1OCCN(C)C)C2.